The van der Waals surface area contributed by atoms with Crippen LogP contribution in [0, 0.1) is 0 Å². The highest BCUT2D eigenvalue weighted by atomic mass is 15.3. The Morgan fingerprint density at radius 2 is 2.12 bits per heavy atom. The van der Waals surface area contributed by atoms with E-state index in [0.29, 0.717) is 5.92 Å². The predicted octanol–water partition coefficient (Wildman–Crippen LogP) is 2.97. The van der Waals surface area contributed by atoms with Gasteiger partial charge in [-0.15, -0.1) is 0 Å². The topological polar surface area (TPSA) is 43.8 Å². The second kappa shape index (κ2) is 5.00. The van der Waals surface area contributed by atoms with E-state index in [4.69, 9.17) is 5.73 Å². The molecular formula is C13H23N3. The Balaban J connectivity index is 2.23. The lowest BCUT2D eigenvalue weighted by Crippen LogP contribution is -2.11. The summed E-state index contributed by atoms with van der Waals surface area (Å²) in [6.07, 6.45) is 6.78. The molecule has 0 aliphatic heterocycles. The Hall–Kier alpha value is -0.830. The molecule has 3 nitrogen and oxygen atoms in total. The third-order valence-electron chi connectivity index (χ3n) is 3.62. The monoisotopic (exact) mass is 221 g/mol. The Morgan fingerprint density at radius 1 is 1.44 bits per heavy atom. The number of hydrogen-bond donors (Lipinski definition) is 1. The van der Waals surface area contributed by atoms with E-state index in [1.165, 1.54) is 37.8 Å². The highest BCUT2D eigenvalue weighted by Gasteiger charge is 2.20. The molecular weight excluding hydrogens is 198 g/mol. The van der Waals surface area contributed by atoms with Crippen molar-refractivity contribution in [1.29, 1.82) is 0 Å². The lowest BCUT2D eigenvalue weighted by molar-refractivity contribution is 0.417. The SMILES string of the molecule is CCn1nc(C(C)N)cc1C1CCCCC1. The molecule has 1 fully saturated rings. The van der Waals surface area contributed by atoms with E-state index in [2.05, 4.69) is 22.8 Å². The van der Waals surface area contributed by atoms with Gasteiger partial charge in [0.15, 0.2) is 0 Å². The maximum atomic E-state index is 5.90. The van der Waals surface area contributed by atoms with Gasteiger partial charge in [-0.2, -0.15) is 5.10 Å². The van der Waals surface area contributed by atoms with Crippen LogP contribution >= 0.6 is 0 Å². The van der Waals surface area contributed by atoms with Crippen LogP contribution in [0.3, 0.4) is 0 Å². The molecule has 0 saturated heterocycles. The molecule has 0 aromatic carbocycles. The van der Waals surface area contributed by atoms with Crippen molar-refractivity contribution in [3.63, 3.8) is 0 Å². The number of nitrogens with zero attached hydrogens (tertiary/aromatic N) is 2. The summed E-state index contributed by atoms with van der Waals surface area (Å²) in [6, 6.07) is 2.28. The summed E-state index contributed by atoms with van der Waals surface area (Å²) in [7, 11) is 0. The third-order valence-corrected chi connectivity index (χ3v) is 3.62. The summed E-state index contributed by atoms with van der Waals surface area (Å²) in [6.45, 7) is 5.12. The van der Waals surface area contributed by atoms with E-state index < -0.39 is 0 Å². The molecule has 1 aliphatic carbocycles. The molecule has 16 heavy (non-hydrogen) atoms. The minimum atomic E-state index is 0.0511. The van der Waals surface area contributed by atoms with Gasteiger partial charge in [-0.05, 0) is 32.8 Å². The fourth-order valence-corrected chi connectivity index (χ4v) is 2.65. The van der Waals surface area contributed by atoms with Crippen LogP contribution < -0.4 is 5.73 Å². The Labute approximate surface area is 98.0 Å². The number of hydrogen-bond acceptors (Lipinski definition) is 2. The van der Waals surface area contributed by atoms with Crippen LogP contribution in [0.5, 0.6) is 0 Å². The summed E-state index contributed by atoms with van der Waals surface area (Å²) >= 11 is 0. The van der Waals surface area contributed by atoms with Crippen LogP contribution in [0.1, 0.15) is 69.3 Å². The van der Waals surface area contributed by atoms with Crippen molar-refractivity contribution >= 4 is 0 Å². The van der Waals surface area contributed by atoms with E-state index in [0.717, 1.165) is 12.2 Å². The van der Waals surface area contributed by atoms with Gasteiger partial charge in [0.1, 0.15) is 0 Å². The van der Waals surface area contributed by atoms with Crippen molar-refractivity contribution in [1.82, 2.24) is 9.78 Å². The van der Waals surface area contributed by atoms with Crippen molar-refractivity contribution in [3.8, 4) is 0 Å². The molecule has 1 saturated carbocycles. The van der Waals surface area contributed by atoms with Gasteiger partial charge in [-0.25, -0.2) is 0 Å². The van der Waals surface area contributed by atoms with Crippen molar-refractivity contribution in [2.45, 2.75) is 64.5 Å². The lowest BCUT2D eigenvalue weighted by Gasteiger charge is -2.22. The number of rotatable bonds is 3. The van der Waals surface area contributed by atoms with Gasteiger partial charge in [0.05, 0.1) is 5.69 Å². The molecule has 2 N–H and O–H groups in total. The van der Waals surface area contributed by atoms with Crippen molar-refractivity contribution in [2.75, 3.05) is 0 Å². The minimum absolute atomic E-state index is 0.0511. The van der Waals surface area contributed by atoms with Crippen LogP contribution in [-0.4, -0.2) is 9.78 Å². The molecule has 1 heterocycles. The van der Waals surface area contributed by atoms with E-state index in [9.17, 15) is 0 Å². The molecule has 1 unspecified atom stereocenters. The highest BCUT2D eigenvalue weighted by Crippen LogP contribution is 2.33. The zero-order valence-electron chi connectivity index (χ0n) is 10.4. The maximum absolute atomic E-state index is 5.90. The van der Waals surface area contributed by atoms with Crippen LogP contribution in [0.25, 0.3) is 0 Å². The average molecular weight is 221 g/mol. The molecule has 3 heteroatoms. The molecule has 0 spiro atoms. The van der Waals surface area contributed by atoms with Gasteiger partial charge >= 0.3 is 0 Å². The van der Waals surface area contributed by atoms with Crippen molar-refractivity contribution < 1.29 is 0 Å². The number of aryl methyl sites for hydroxylation is 1. The molecule has 1 aliphatic rings. The zero-order valence-corrected chi connectivity index (χ0v) is 10.4. The first-order chi connectivity index (χ1) is 7.72. The first-order valence-corrected chi connectivity index (χ1v) is 6.55. The first-order valence-electron chi connectivity index (χ1n) is 6.55. The van der Waals surface area contributed by atoms with Gasteiger partial charge in [0.2, 0.25) is 0 Å². The minimum Gasteiger partial charge on any atom is -0.323 e. The average Bonchev–Trinajstić information content (AvgIpc) is 2.74. The third kappa shape index (κ3) is 2.29. The van der Waals surface area contributed by atoms with Crippen molar-refractivity contribution in [3.05, 3.63) is 17.5 Å². The summed E-state index contributed by atoms with van der Waals surface area (Å²) < 4.78 is 2.15. The standard InChI is InChI=1S/C13H23N3/c1-3-16-13(9-12(15-16)10(2)14)11-7-5-4-6-8-11/h9-11H,3-8,14H2,1-2H3. The maximum Gasteiger partial charge on any atom is 0.0791 e. The fraction of sp³-hybridized carbons (Fsp3) is 0.769. The summed E-state index contributed by atoms with van der Waals surface area (Å²) in [5.74, 6) is 0.716. The van der Waals surface area contributed by atoms with Crippen LogP contribution in [-0.2, 0) is 6.54 Å². The summed E-state index contributed by atoms with van der Waals surface area (Å²) in [5.41, 5.74) is 8.36. The molecule has 90 valence electrons. The first kappa shape index (κ1) is 11.6. The zero-order chi connectivity index (χ0) is 11.5. The second-order valence-electron chi connectivity index (χ2n) is 4.93. The fourth-order valence-electron chi connectivity index (χ4n) is 2.65. The van der Waals surface area contributed by atoms with Gasteiger partial charge < -0.3 is 5.73 Å². The van der Waals surface area contributed by atoms with E-state index in [1.807, 2.05) is 6.92 Å². The summed E-state index contributed by atoms with van der Waals surface area (Å²) in [5, 5.41) is 4.60. The molecule has 0 amide bonds. The molecule has 1 atom stereocenters. The van der Waals surface area contributed by atoms with E-state index >= 15 is 0 Å². The van der Waals surface area contributed by atoms with Crippen LogP contribution in [0.15, 0.2) is 6.07 Å². The van der Waals surface area contributed by atoms with Crippen LogP contribution in [0.2, 0.25) is 0 Å². The molecule has 0 radical (unpaired) electrons. The number of nitrogens with two attached hydrogens (primary N) is 1. The predicted molar refractivity (Wildman–Crippen MR) is 66.3 cm³/mol. The molecule has 0 bridgehead atoms. The molecule has 2 rings (SSSR count). The van der Waals surface area contributed by atoms with Crippen LogP contribution in [0.4, 0.5) is 0 Å². The second-order valence-corrected chi connectivity index (χ2v) is 4.93. The highest BCUT2D eigenvalue weighted by molar-refractivity contribution is 5.17. The quantitative estimate of drug-likeness (QED) is 0.852. The normalized spacial score (nSPS) is 19.9. The molecule has 1 aromatic heterocycles. The lowest BCUT2D eigenvalue weighted by atomic mass is 9.86. The van der Waals surface area contributed by atoms with Gasteiger partial charge in [-0.1, -0.05) is 19.3 Å². The Kier molecular flexibility index (Phi) is 3.64. The smallest absolute Gasteiger partial charge is 0.0791 e. The van der Waals surface area contributed by atoms with Gasteiger partial charge in [-0.3, -0.25) is 4.68 Å². The largest absolute Gasteiger partial charge is 0.323 e. The van der Waals surface area contributed by atoms with Gasteiger partial charge in [0, 0.05) is 24.2 Å². The number of aromatic nitrogens is 2. The summed E-state index contributed by atoms with van der Waals surface area (Å²) in [4.78, 5) is 0. The Morgan fingerprint density at radius 3 is 2.69 bits per heavy atom. The Bertz CT molecular complexity index is 335. The van der Waals surface area contributed by atoms with E-state index in [1.54, 1.807) is 0 Å². The van der Waals surface area contributed by atoms with Crippen molar-refractivity contribution in [2.24, 2.45) is 5.73 Å². The van der Waals surface area contributed by atoms with Gasteiger partial charge in [0.25, 0.3) is 0 Å². The molecule has 1 aromatic rings. The van der Waals surface area contributed by atoms with E-state index in [-0.39, 0.29) is 6.04 Å².